The maximum atomic E-state index is 11.9. The third-order valence-electron chi connectivity index (χ3n) is 3.00. The number of para-hydroxylation sites is 1. The lowest BCUT2D eigenvalue weighted by atomic mass is 10.1. The van der Waals surface area contributed by atoms with E-state index in [0.29, 0.717) is 18.2 Å². The van der Waals surface area contributed by atoms with Gasteiger partial charge in [0.05, 0.1) is 0 Å². The van der Waals surface area contributed by atoms with Crippen LogP contribution in [-0.4, -0.2) is 18.5 Å². The number of amides is 1. The first-order valence-corrected chi connectivity index (χ1v) is 6.10. The normalized spacial score (nSPS) is 12.9. The Hall–Kier alpha value is -1.81. The van der Waals surface area contributed by atoms with Gasteiger partial charge in [0, 0.05) is 18.0 Å². The van der Waals surface area contributed by atoms with Crippen LogP contribution in [0.3, 0.4) is 0 Å². The Bertz CT molecular complexity index is 512. The van der Waals surface area contributed by atoms with E-state index in [2.05, 4.69) is 5.32 Å². The first kappa shape index (κ1) is 12.6. The van der Waals surface area contributed by atoms with Crippen molar-refractivity contribution >= 4 is 16.9 Å². The zero-order valence-electron chi connectivity index (χ0n) is 10.6. The molecule has 1 atom stereocenters. The summed E-state index contributed by atoms with van der Waals surface area (Å²) in [5.41, 5.74) is 6.59. The third-order valence-corrected chi connectivity index (χ3v) is 3.00. The standard InChI is InChI=1S/C14H18N2O2/c1-9(2)11(15)8-16-14(17)13-7-10-5-3-4-6-12(10)18-13/h3-7,9,11H,8,15H2,1-2H3,(H,16,17)/t11-/m0/s1. The van der Waals surface area contributed by atoms with Crippen LogP contribution >= 0.6 is 0 Å². The summed E-state index contributed by atoms with van der Waals surface area (Å²) in [4.78, 5) is 11.9. The van der Waals surface area contributed by atoms with Gasteiger partial charge in [0.25, 0.3) is 5.91 Å². The van der Waals surface area contributed by atoms with Crippen LogP contribution in [0.1, 0.15) is 24.4 Å². The molecule has 0 fully saturated rings. The van der Waals surface area contributed by atoms with Crippen LogP contribution in [0.2, 0.25) is 0 Å². The van der Waals surface area contributed by atoms with E-state index >= 15 is 0 Å². The molecule has 1 amide bonds. The van der Waals surface area contributed by atoms with Gasteiger partial charge in [-0.05, 0) is 18.1 Å². The van der Waals surface area contributed by atoms with Crippen molar-refractivity contribution in [1.29, 1.82) is 0 Å². The van der Waals surface area contributed by atoms with Crippen molar-refractivity contribution in [3.8, 4) is 0 Å². The van der Waals surface area contributed by atoms with Gasteiger partial charge in [-0.25, -0.2) is 0 Å². The molecule has 4 nitrogen and oxygen atoms in total. The number of nitrogens with two attached hydrogens (primary N) is 1. The molecule has 0 unspecified atom stereocenters. The van der Waals surface area contributed by atoms with Crippen molar-refractivity contribution < 1.29 is 9.21 Å². The molecule has 96 valence electrons. The number of benzene rings is 1. The molecule has 0 bridgehead atoms. The van der Waals surface area contributed by atoms with Crippen LogP contribution < -0.4 is 11.1 Å². The van der Waals surface area contributed by atoms with E-state index in [0.717, 1.165) is 11.0 Å². The molecule has 0 saturated carbocycles. The topological polar surface area (TPSA) is 68.3 Å². The Balaban J connectivity index is 2.05. The number of hydrogen-bond donors (Lipinski definition) is 2. The first-order valence-electron chi connectivity index (χ1n) is 6.10. The maximum Gasteiger partial charge on any atom is 0.287 e. The second kappa shape index (κ2) is 5.23. The lowest BCUT2D eigenvalue weighted by molar-refractivity contribution is 0.0923. The summed E-state index contributed by atoms with van der Waals surface area (Å²) < 4.78 is 5.47. The summed E-state index contributed by atoms with van der Waals surface area (Å²) in [7, 11) is 0. The number of carbonyl (C=O) groups excluding carboxylic acids is 1. The maximum absolute atomic E-state index is 11.9. The van der Waals surface area contributed by atoms with Crippen molar-refractivity contribution in [2.24, 2.45) is 11.7 Å². The predicted molar refractivity (Wildman–Crippen MR) is 71.4 cm³/mol. The van der Waals surface area contributed by atoms with Crippen LogP contribution in [0, 0.1) is 5.92 Å². The molecule has 1 heterocycles. The Morgan fingerprint density at radius 3 is 2.78 bits per heavy atom. The van der Waals surface area contributed by atoms with E-state index in [1.807, 2.05) is 38.1 Å². The van der Waals surface area contributed by atoms with Gasteiger partial charge in [-0.3, -0.25) is 4.79 Å². The first-order chi connectivity index (χ1) is 8.58. The number of rotatable bonds is 4. The average molecular weight is 246 g/mol. The highest BCUT2D eigenvalue weighted by atomic mass is 16.3. The second-order valence-electron chi connectivity index (χ2n) is 4.77. The van der Waals surface area contributed by atoms with Gasteiger partial charge in [-0.2, -0.15) is 0 Å². The Labute approximate surface area is 106 Å². The molecule has 18 heavy (non-hydrogen) atoms. The zero-order chi connectivity index (χ0) is 13.1. The van der Waals surface area contributed by atoms with Gasteiger partial charge in [-0.1, -0.05) is 32.0 Å². The largest absolute Gasteiger partial charge is 0.451 e. The van der Waals surface area contributed by atoms with Crippen molar-refractivity contribution in [2.45, 2.75) is 19.9 Å². The number of fused-ring (bicyclic) bond motifs is 1. The summed E-state index contributed by atoms with van der Waals surface area (Å²) in [6.07, 6.45) is 0. The smallest absolute Gasteiger partial charge is 0.287 e. The minimum absolute atomic E-state index is 0.0432. The molecular weight excluding hydrogens is 228 g/mol. The van der Waals surface area contributed by atoms with Crippen LogP contribution in [0.25, 0.3) is 11.0 Å². The van der Waals surface area contributed by atoms with Crippen molar-refractivity contribution in [1.82, 2.24) is 5.32 Å². The van der Waals surface area contributed by atoms with E-state index in [9.17, 15) is 4.79 Å². The molecule has 0 radical (unpaired) electrons. The molecule has 0 saturated heterocycles. The highest BCUT2D eigenvalue weighted by Gasteiger charge is 2.14. The Morgan fingerprint density at radius 2 is 2.11 bits per heavy atom. The molecule has 0 spiro atoms. The fourth-order valence-electron chi connectivity index (χ4n) is 1.63. The average Bonchev–Trinajstić information content (AvgIpc) is 2.79. The van der Waals surface area contributed by atoms with Gasteiger partial charge in [0.2, 0.25) is 0 Å². The fourth-order valence-corrected chi connectivity index (χ4v) is 1.63. The van der Waals surface area contributed by atoms with E-state index in [4.69, 9.17) is 10.2 Å². The van der Waals surface area contributed by atoms with Crippen LogP contribution in [0.4, 0.5) is 0 Å². The summed E-state index contributed by atoms with van der Waals surface area (Å²) in [6.45, 7) is 4.50. The quantitative estimate of drug-likeness (QED) is 0.868. The van der Waals surface area contributed by atoms with Gasteiger partial charge < -0.3 is 15.5 Å². The van der Waals surface area contributed by atoms with E-state index < -0.39 is 0 Å². The Kier molecular flexibility index (Phi) is 3.67. The van der Waals surface area contributed by atoms with Crippen LogP contribution in [0.15, 0.2) is 34.7 Å². The number of furan rings is 1. The van der Waals surface area contributed by atoms with Crippen LogP contribution in [-0.2, 0) is 0 Å². The number of carbonyl (C=O) groups is 1. The number of hydrogen-bond acceptors (Lipinski definition) is 3. The van der Waals surface area contributed by atoms with Crippen molar-refractivity contribution in [3.63, 3.8) is 0 Å². The molecule has 1 aromatic carbocycles. The van der Waals surface area contributed by atoms with Gasteiger partial charge in [-0.15, -0.1) is 0 Å². The second-order valence-corrected chi connectivity index (χ2v) is 4.77. The molecule has 0 aliphatic carbocycles. The summed E-state index contributed by atoms with van der Waals surface area (Å²) in [6, 6.07) is 9.24. The summed E-state index contributed by atoms with van der Waals surface area (Å²) in [5, 5.41) is 3.71. The minimum atomic E-state index is -0.220. The van der Waals surface area contributed by atoms with Crippen LogP contribution in [0.5, 0.6) is 0 Å². The summed E-state index contributed by atoms with van der Waals surface area (Å²) >= 11 is 0. The molecule has 0 aliphatic heterocycles. The SMILES string of the molecule is CC(C)[C@@H](N)CNC(=O)c1cc2ccccc2o1. The molecule has 1 aromatic heterocycles. The minimum Gasteiger partial charge on any atom is -0.451 e. The molecule has 3 N–H and O–H groups in total. The van der Waals surface area contributed by atoms with E-state index in [-0.39, 0.29) is 11.9 Å². The van der Waals surface area contributed by atoms with Gasteiger partial charge >= 0.3 is 0 Å². The van der Waals surface area contributed by atoms with E-state index in [1.54, 1.807) is 6.07 Å². The highest BCUT2D eigenvalue weighted by Crippen LogP contribution is 2.18. The molecule has 2 aromatic rings. The van der Waals surface area contributed by atoms with E-state index in [1.165, 1.54) is 0 Å². The zero-order valence-corrected chi connectivity index (χ0v) is 10.6. The van der Waals surface area contributed by atoms with Crippen molar-refractivity contribution in [3.05, 3.63) is 36.1 Å². The third kappa shape index (κ3) is 2.71. The molecular formula is C14H18N2O2. The molecule has 4 heteroatoms. The molecule has 2 rings (SSSR count). The van der Waals surface area contributed by atoms with Crippen molar-refractivity contribution in [2.75, 3.05) is 6.54 Å². The fraction of sp³-hybridized carbons (Fsp3) is 0.357. The molecule has 0 aliphatic rings. The lowest BCUT2D eigenvalue weighted by Gasteiger charge is -2.15. The Morgan fingerprint density at radius 1 is 1.39 bits per heavy atom. The van der Waals surface area contributed by atoms with Gasteiger partial charge in [0.15, 0.2) is 5.76 Å². The summed E-state index contributed by atoms with van der Waals surface area (Å²) in [5.74, 6) is 0.440. The highest BCUT2D eigenvalue weighted by molar-refractivity contribution is 5.96. The predicted octanol–water partition coefficient (Wildman–Crippen LogP) is 2.15. The monoisotopic (exact) mass is 246 g/mol. The van der Waals surface area contributed by atoms with Gasteiger partial charge in [0.1, 0.15) is 5.58 Å². The number of nitrogens with one attached hydrogen (secondary N) is 1. The lowest BCUT2D eigenvalue weighted by Crippen LogP contribution is -2.40.